The van der Waals surface area contributed by atoms with Gasteiger partial charge in [-0.3, -0.25) is 19.5 Å². The number of benzene rings is 2. The van der Waals surface area contributed by atoms with E-state index in [-0.39, 0.29) is 30.3 Å². The Morgan fingerprint density at radius 3 is 2.00 bits per heavy atom. The van der Waals surface area contributed by atoms with Gasteiger partial charge < -0.3 is 14.4 Å². The van der Waals surface area contributed by atoms with Gasteiger partial charge in [-0.1, -0.05) is 13.8 Å². The minimum Gasteiger partial charge on any atom is -0.497 e. The fraction of sp³-hybridized carbons (Fsp3) is 0.346. The smallest absolute Gasteiger partial charge is 0.246 e. The van der Waals surface area contributed by atoms with Crippen molar-refractivity contribution < 1.29 is 19.1 Å². The first-order valence-corrected chi connectivity index (χ1v) is 11.2. The van der Waals surface area contributed by atoms with E-state index >= 15 is 0 Å². The third-order valence-electron chi connectivity index (χ3n) is 5.41. The fourth-order valence-electron chi connectivity index (χ4n) is 3.47. The number of carbonyl (C=O) groups is 2. The Hall–Kier alpha value is -3.81. The fourth-order valence-corrected chi connectivity index (χ4v) is 3.47. The molecule has 2 amide bonds. The maximum Gasteiger partial charge on any atom is 0.246 e. The minimum absolute atomic E-state index is 0.0535. The normalized spacial score (nSPS) is 10.9. The Morgan fingerprint density at radius 2 is 1.50 bits per heavy atom. The van der Waals surface area contributed by atoms with Crippen LogP contribution in [0.1, 0.15) is 27.7 Å². The molecule has 8 heteroatoms. The van der Waals surface area contributed by atoms with E-state index in [1.54, 1.807) is 23.7 Å². The number of hydrogen-bond acceptors (Lipinski definition) is 5. The van der Waals surface area contributed by atoms with E-state index < -0.39 is 0 Å². The van der Waals surface area contributed by atoms with Crippen LogP contribution in [-0.4, -0.2) is 53.1 Å². The number of nitrogens with zero attached hydrogens (tertiary/aromatic N) is 3. The quantitative estimate of drug-likeness (QED) is 0.508. The summed E-state index contributed by atoms with van der Waals surface area (Å²) in [5, 5.41) is 2.89. The van der Waals surface area contributed by atoms with Crippen LogP contribution in [0, 0.1) is 5.92 Å². The summed E-state index contributed by atoms with van der Waals surface area (Å²) in [6, 6.07) is 14.9. The van der Waals surface area contributed by atoms with Crippen LogP contribution >= 0.6 is 0 Å². The van der Waals surface area contributed by atoms with Gasteiger partial charge >= 0.3 is 0 Å². The van der Waals surface area contributed by atoms with Gasteiger partial charge in [-0.2, -0.15) is 0 Å². The second-order valence-corrected chi connectivity index (χ2v) is 8.51. The number of methoxy groups -OCH3 is 2. The highest BCUT2D eigenvalue weighted by Crippen LogP contribution is 2.27. The number of carbonyl (C=O) groups excluding carboxylic acids is 2. The average molecular weight is 465 g/mol. The van der Waals surface area contributed by atoms with Crippen LogP contribution in [0.5, 0.6) is 11.5 Å². The molecule has 180 valence electrons. The number of nitrogens with one attached hydrogen (secondary N) is 1. The number of imidazole rings is 1. The van der Waals surface area contributed by atoms with Crippen molar-refractivity contribution in [3.05, 3.63) is 54.7 Å². The lowest BCUT2D eigenvalue weighted by Crippen LogP contribution is -2.44. The summed E-state index contributed by atoms with van der Waals surface area (Å²) in [6.07, 6.45) is 1.86. The first-order valence-electron chi connectivity index (χ1n) is 11.2. The van der Waals surface area contributed by atoms with Gasteiger partial charge in [0.05, 0.1) is 19.9 Å². The second-order valence-electron chi connectivity index (χ2n) is 8.51. The van der Waals surface area contributed by atoms with Crippen molar-refractivity contribution in [3.63, 3.8) is 0 Å². The SMILES string of the molecule is COc1ccc(-c2cn(-c3ccc(OC)cc3)c(NC(=O)CN(C(=O)C(C)C)C(C)C)n2)cc1. The van der Waals surface area contributed by atoms with Gasteiger partial charge in [0.25, 0.3) is 0 Å². The van der Waals surface area contributed by atoms with Crippen LogP contribution in [0.15, 0.2) is 54.7 Å². The molecule has 1 N–H and O–H groups in total. The molecule has 3 rings (SSSR count). The molecule has 0 atom stereocenters. The molecule has 2 aromatic carbocycles. The van der Waals surface area contributed by atoms with E-state index in [0.29, 0.717) is 11.6 Å². The molecule has 8 nitrogen and oxygen atoms in total. The molecule has 0 aliphatic carbocycles. The van der Waals surface area contributed by atoms with Gasteiger partial charge in [0.2, 0.25) is 17.8 Å². The van der Waals surface area contributed by atoms with E-state index in [2.05, 4.69) is 10.3 Å². The molecule has 0 bridgehead atoms. The number of hydrogen-bond donors (Lipinski definition) is 1. The Kier molecular flexibility index (Phi) is 7.94. The molecule has 1 aromatic heterocycles. The molecule has 1 heterocycles. The molecule has 0 fully saturated rings. The van der Waals surface area contributed by atoms with E-state index in [0.717, 1.165) is 22.7 Å². The van der Waals surface area contributed by atoms with Gasteiger partial charge in [-0.05, 0) is 62.4 Å². The molecular weight excluding hydrogens is 432 g/mol. The van der Waals surface area contributed by atoms with Crippen molar-refractivity contribution in [2.45, 2.75) is 33.7 Å². The predicted octanol–water partition coefficient (Wildman–Crippen LogP) is 4.39. The van der Waals surface area contributed by atoms with Gasteiger partial charge in [0.15, 0.2) is 0 Å². The largest absolute Gasteiger partial charge is 0.497 e. The highest BCUT2D eigenvalue weighted by Gasteiger charge is 2.23. The molecule has 3 aromatic rings. The van der Waals surface area contributed by atoms with Gasteiger partial charge in [0.1, 0.15) is 18.0 Å². The number of rotatable bonds is 9. The lowest BCUT2D eigenvalue weighted by Gasteiger charge is -2.27. The Labute approximate surface area is 200 Å². The topological polar surface area (TPSA) is 85.7 Å². The summed E-state index contributed by atoms with van der Waals surface area (Å²) in [5.74, 6) is 1.26. The molecule has 0 aliphatic heterocycles. The van der Waals surface area contributed by atoms with Crippen LogP contribution in [0.2, 0.25) is 0 Å². The van der Waals surface area contributed by atoms with Gasteiger partial charge in [-0.25, -0.2) is 4.98 Å². The number of anilines is 1. The van der Waals surface area contributed by atoms with E-state index in [1.807, 2.05) is 82.4 Å². The summed E-state index contributed by atoms with van der Waals surface area (Å²) in [7, 11) is 3.23. The monoisotopic (exact) mass is 464 g/mol. The summed E-state index contributed by atoms with van der Waals surface area (Å²) < 4.78 is 12.3. The zero-order chi connectivity index (χ0) is 24.8. The van der Waals surface area contributed by atoms with Crippen molar-refractivity contribution in [1.29, 1.82) is 0 Å². The zero-order valence-corrected chi connectivity index (χ0v) is 20.5. The first kappa shape index (κ1) is 24.8. The van der Waals surface area contributed by atoms with Crippen LogP contribution in [0.3, 0.4) is 0 Å². The highest BCUT2D eigenvalue weighted by atomic mass is 16.5. The number of ether oxygens (including phenoxy) is 2. The summed E-state index contributed by atoms with van der Waals surface area (Å²) in [6.45, 7) is 7.39. The predicted molar refractivity (Wildman–Crippen MR) is 132 cm³/mol. The van der Waals surface area contributed by atoms with Crippen molar-refractivity contribution >= 4 is 17.8 Å². The van der Waals surface area contributed by atoms with Gasteiger partial charge in [-0.15, -0.1) is 0 Å². The van der Waals surface area contributed by atoms with Crippen LogP contribution in [-0.2, 0) is 9.59 Å². The molecule has 0 saturated carbocycles. The molecule has 0 radical (unpaired) electrons. The van der Waals surface area contributed by atoms with Gasteiger partial charge in [0, 0.05) is 29.4 Å². The maximum atomic E-state index is 13.0. The Bertz CT molecular complexity index is 1120. The average Bonchev–Trinajstić information content (AvgIpc) is 3.25. The first-order chi connectivity index (χ1) is 16.2. The van der Waals surface area contributed by atoms with E-state index in [1.165, 1.54) is 0 Å². The number of aromatic nitrogens is 2. The standard InChI is InChI=1S/C26H32N4O4/c1-17(2)25(32)29(18(3)4)16-24(31)28-26-27-23(19-7-11-21(33-5)12-8-19)15-30(26)20-9-13-22(34-6)14-10-20/h7-15,17-18H,16H2,1-6H3,(H,27,28,31). The third-order valence-corrected chi connectivity index (χ3v) is 5.41. The Morgan fingerprint density at radius 1 is 0.941 bits per heavy atom. The molecule has 0 unspecified atom stereocenters. The molecule has 34 heavy (non-hydrogen) atoms. The lowest BCUT2D eigenvalue weighted by molar-refractivity contribution is -0.139. The third kappa shape index (κ3) is 5.75. The minimum atomic E-state index is -0.315. The molecule has 0 spiro atoms. The maximum absolute atomic E-state index is 13.0. The lowest BCUT2D eigenvalue weighted by atomic mass is 10.1. The van der Waals surface area contributed by atoms with Crippen molar-refractivity contribution in [1.82, 2.24) is 14.5 Å². The summed E-state index contributed by atoms with van der Waals surface area (Å²) >= 11 is 0. The second kappa shape index (κ2) is 10.9. The Balaban J connectivity index is 1.94. The van der Waals surface area contributed by atoms with Crippen molar-refractivity contribution in [3.8, 4) is 28.4 Å². The van der Waals surface area contributed by atoms with E-state index in [4.69, 9.17) is 9.47 Å². The number of amides is 2. The molecular formula is C26H32N4O4. The van der Waals surface area contributed by atoms with Crippen molar-refractivity contribution in [2.75, 3.05) is 26.1 Å². The van der Waals surface area contributed by atoms with Crippen molar-refractivity contribution in [2.24, 2.45) is 5.92 Å². The van der Waals surface area contributed by atoms with Crippen LogP contribution in [0.25, 0.3) is 16.9 Å². The molecule has 0 aliphatic rings. The summed E-state index contributed by atoms with van der Waals surface area (Å²) in [4.78, 5) is 31.8. The highest BCUT2D eigenvalue weighted by molar-refractivity contribution is 5.94. The zero-order valence-electron chi connectivity index (χ0n) is 20.5. The van der Waals surface area contributed by atoms with Crippen LogP contribution < -0.4 is 14.8 Å². The van der Waals surface area contributed by atoms with E-state index in [9.17, 15) is 9.59 Å². The summed E-state index contributed by atoms with van der Waals surface area (Å²) in [5.41, 5.74) is 2.37. The van der Waals surface area contributed by atoms with Crippen LogP contribution in [0.4, 0.5) is 5.95 Å². The molecule has 0 saturated heterocycles.